The second kappa shape index (κ2) is 4.76. The molecule has 8 heteroatoms. The summed E-state index contributed by atoms with van der Waals surface area (Å²) in [5.74, 6) is -0.914. The van der Waals surface area contributed by atoms with Crippen molar-refractivity contribution in [2.45, 2.75) is 32.7 Å². The SMILES string of the molecule is CC1(C)CCCN(c2ncc([N+](=O)[O-])s2)C1C(=O)O. The molecule has 0 amide bonds. The number of thiazole rings is 1. The average molecular weight is 285 g/mol. The molecule has 1 aromatic rings. The summed E-state index contributed by atoms with van der Waals surface area (Å²) >= 11 is 0.922. The third kappa shape index (κ3) is 2.53. The van der Waals surface area contributed by atoms with Crippen LogP contribution in [0, 0.1) is 15.5 Å². The molecular formula is C11H15N3O4S. The first-order valence-electron chi connectivity index (χ1n) is 5.92. The van der Waals surface area contributed by atoms with E-state index in [1.54, 1.807) is 4.90 Å². The van der Waals surface area contributed by atoms with Crippen LogP contribution in [0.1, 0.15) is 26.7 Å². The van der Waals surface area contributed by atoms with E-state index in [0.717, 1.165) is 24.2 Å². The molecule has 1 unspecified atom stereocenters. The summed E-state index contributed by atoms with van der Waals surface area (Å²) in [6.07, 6.45) is 2.85. The topological polar surface area (TPSA) is 96.6 Å². The van der Waals surface area contributed by atoms with Gasteiger partial charge in [-0.25, -0.2) is 9.78 Å². The van der Waals surface area contributed by atoms with E-state index in [4.69, 9.17) is 0 Å². The van der Waals surface area contributed by atoms with Gasteiger partial charge in [-0.3, -0.25) is 10.1 Å². The predicted octanol–water partition coefficient (Wildman–Crippen LogP) is 2.13. The third-order valence-corrected chi connectivity index (χ3v) is 4.40. The van der Waals surface area contributed by atoms with Crippen molar-refractivity contribution in [3.63, 3.8) is 0 Å². The fourth-order valence-corrected chi connectivity index (χ4v) is 3.33. The Labute approximate surface area is 114 Å². The minimum Gasteiger partial charge on any atom is -0.480 e. The number of carboxylic acid groups (broad SMARTS) is 1. The maximum Gasteiger partial charge on any atom is 0.345 e. The Balaban J connectivity index is 2.35. The van der Waals surface area contributed by atoms with E-state index in [9.17, 15) is 20.0 Å². The highest BCUT2D eigenvalue weighted by Gasteiger charge is 2.43. The molecule has 0 bridgehead atoms. The summed E-state index contributed by atoms with van der Waals surface area (Å²) in [6.45, 7) is 4.37. The summed E-state index contributed by atoms with van der Waals surface area (Å²) in [6, 6.07) is -0.702. The molecule has 1 aliphatic heterocycles. The molecule has 1 atom stereocenters. The number of nitro groups is 1. The molecule has 1 aliphatic rings. The van der Waals surface area contributed by atoms with Gasteiger partial charge in [-0.05, 0) is 29.6 Å². The van der Waals surface area contributed by atoms with Crippen molar-refractivity contribution in [1.29, 1.82) is 0 Å². The number of hydrogen-bond donors (Lipinski definition) is 1. The van der Waals surface area contributed by atoms with Crippen molar-refractivity contribution in [1.82, 2.24) is 4.98 Å². The maximum atomic E-state index is 11.5. The van der Waals surface area contributed by atoms with Gasteiger partial charge in [-0.2, -0.15) is 0 Å². The van der Waals surface area contributed by atoms with Gasteiger partial charge < -0.3 is 10.0 Å². The molecule has 0 aliphatic carbocycles. The largest absolute Gasteiger partial charge is 0.480 e. The smallest absolute Gasteiger partial charge is 0.345 e. The Morgan fingerprint density at radius 2 is 2.37 bits per heavy atom. The van der Waals surface area contributed by atoms with Crippen molar-refractivity contribution in [2.24, 2.45) is 5.41 Å². The van der Waals surface area contributed by atoms with Crippen LogP contribution in [-0.4, -0.2) is 33.6 Å². The normalized spacial score (nSPS) is 22.2. The lowest BCUT2D eigenvalue weighted by Gasteiger charge is -2.43. The third-order valence-electron chi connectivity index (χ3n) is 3.41. The van der Waals surface area contributed by atoms with Crippen LogP contribution in [0.2, 0.25) is 0 Å². The number of carboxylic acids is 1. The Kier molecular flexibility index (Phi) is 3.44. The molecule has 1 N–H and O–H groups in total. The zero-order valence-corrected chi connectivity index (χ0v) is 11.5. The van der Waals surface area contributed by atoms with Gasteiger partial charge in [0, 0.05) is 6.54 Å². The van der Waals surface area contributed by atoms with Crippen LogP contribution in [0.15, 0.2) is 6.20 Å². The zero-order valence-electron chi connectivity index (χ0n) is 10.7. The van der Waals surface area contributed by atoms with Gasteiger partial charge in [0.05, 0.1) is 4.92 Å². The molecule has 0 radical (unpaired) electrons. The summed E-state index contributed by atoms with van der Waals surface area (Å²) in [4.78, 5) is 27.3. The van der Waals surface area contributed by atoms with Crippen LogP contribution in [0.4, 0.5) is 10.1 Å². The average Bonchev–Trinajstić information content (AvgIpc) is 2.75. The van der Waals surface area contributed by atoms with Gasteiger partial charge in [0.15, 0.2) is 5.13 Å². The van der Waals surface area contributed by atoms with Gasteiger partial charge >= 0.3 is 11.0 Å². The van der Waals surface area contributed by atoms with E-state index in [0.29, 0.717) is 11.7 Å². The summed E-state index contributed by atoms with van der Waals surface area (Å²) in [5, 5.41) is 20.4. The predicted molar refractivity (Wildman–Crippen MR) is 70.6 cm³/mol. The molecule has 1 fully saturated rings. The lowest BCUT2D eigenvalue weighted by atomic mass is 9.76. The standard InChI is InChI=1S/C11H15N3O4S/c1-11(2)4-3-5-13(8(11)9(15)16)10-12-6-7(19-10)14(17)18/h6,8H,3-5H2,1-2H3,(H,15,16). The van der Waals surface area contributed by atoms with Crippen molar-refractivity contribution >= 4 is 27.4 Å². The van der Waals surface area contributed by atoms with Crippen LogP contribution < -0.4 is 4.90 Å². The van der Waals surface area contributed by atoms with Crippen molar-refractivity contribution in [3.8, 4) is 0 Å². The molecule has 19 heavy (non-hydrogen) atoms. The minimum atomic E-state index is -0.914. The van der Waals surface area contributed by atoms with Crippen molar-refractivity contribution < 1.29 is 14.8 Å². The van der Waals surface area contributed by atoms with Crippen molar-refractivity contribution in [2.75, 3.05) is 11.4 Å². The van der Waals surface area contributed by atoms with Crippen LogP contribution >= 0.6 is 11.3 Å². The fourth-order valence-electron chi connectivity index (χ4n) is 2.54. The van der Waals surface area contributed by atoms with Gasteiger partial charge in [0.1, 0.15) is 12.2 Å². The van der Waals surface area contributed by atoms with Crippen molar-refractivity contribution in [3.05, 3.63) is 16.3 Å². The van der Waals surface area contributed by atoms with Crippen LogP contribution in [0.5, 0.6) is 0 Å². The number of nitrogens with zero attached hydrogens (tertiary/aromatic N) is 3. The molecule has 0 saturated carbocycles. The highest BCUT2D eigenvalue weighted by molar-refractivity contribution is 7.18. The maximum absolute atomic E-state index is 11.5. The molecule has 104 valence electrons. The Morgan fingerprint density at radius 1 is 1.68 bits per heavy atom. The molecule has 0 aromatic carbocycles. The molecule has 2 rings (SSSR count). The number of anilines is 1. The van der Waals surface area contributed by atoms with Crippen LogP contribution in [0.25, 0.3) is 0 Å². The molecule has 2 heterocycles. The Morgan fingerprint density at radius 3 is 2.89 bits per heavy atom. The molecule has 1 saturated heterocycles. The van der Waals surface area contributed by atoms with E-state index in [-0.39, 0.29) is 10.4 Å². The minimum absolute atomic E-state index is 0.0671. The Hall–Kier alpha value is -1.70. The molecule has 7 nitrogen and oxygen atoms in total. The van der Waals surface area contributed by atoms with Crippen LogP contribution in [-0.2, 0) is 4.79 Å². The first-order valence-corrected chi connectivity index (χ1v) is 6.74. The first kappa shape index (κ1) is 13.7. The number of carbonyl (C=O) groups is 1. The second-order valence-electron chi connectivity index (χ2n) is 5.26. The number of aromatic nitrogens is 1. The summed E-state index contributed by atoms with van der Waals surface area (Å²) in [7, 11) is 0. The number of aliphatic carboxylic acids is 1. The van der Waals surface area contributed by atoms with Crippen LogP contribution in [0.3, 0.4) is 0 Å². The second-order valence-corrected chi connectivity index (χ2v) is 6.25. The monoisotopic (exact) mass is 285 g/mol. The van der Waals surface area contributed by atoms with Gasteiger partial charge in [0.25, 0.3) is 0 Å². The number of rotatable bonds is 3. The van der Waals surface area contributed by atoms with Gasteiger partial charge in [-0.1, -0.05) is 13.8 Å². The highest BCUT2D eigenvalue weighted by Crippen LogP contribution is 2.40. The molecule has 0 spiro atoms. The molecule has 1 aromatic heterocycles. The highest BCUT2D eigenvalue weighted by atomic mass is 32.1. The summed E-state index contributed by atoms with van der Waals surface area (Å²) in [5.41, 5.74) is -0.384. The lowest BCUT2D eigenvalue weighted by molar-refractivity contribution is -0.380. The van der Waals surface area contributed by atoms with E-state index >= 15 is 0 Å². The van der Waals surface area contributed by atoms with Gasteiger partial charge in [0.2, 0.25) is 0 Å². The van der Waals surface area contributed by atoms with E-state index in [1.165, 1.54) is 6.20 Å². The quantitative estimate of drug-likeness (QED) is 0.675. The van der Waals surface area contributed by atoms with Gasteiger partial charge in [-0.15, -0.1) is 0 Å². The van der Waals surface area contributed by atoms with E-state index < -0.39 is 16.9 Å². The zero-order chi connectivity index (χ0) is 14.2. The Bertz CT molecular complexity index is 514. The van der Waals surface area contributed by atoms with E-state index in [1.807, 2.05) is 13.8 Å². The fraction of sp³-hybridized carbons (Fsp3) is 0.636. The number of piperidine rings is 1. The molecular weight excluding hydrogens is 270 g/mol. The first-order chi connectivity index (χ1) is 8.83. The lowest BCUT2D eigenvalue weighted by Crippen LogP contribution is -2.54. The number of hydrogen-bond acceptors (Lipinski definition) is 6. The summed E-state index contributed by atoms with van der Waals surface area (Å²) < 4.78 is 0. The van der Waals surface area contributed by atoms with E-state index in [2.05, 4.69) is 4.98 Å².